The minimum Gasteiger partial charge on any atom is -0.465 e. The first-order valence-corrected chi connectivity index (χ1v) is 14.2. The van der Waals surface area contributed by atoms with E-state index in [9.17, 15) is 13.2 Å². The van der Waals surface area contributed by atoms with Crippen molar-refractivity contribution in [1.29, 1.82) is 0 Å². The molecule has 4 rings (SSSR count). The molecule has 1 N–H and O–H groups in total. The SMILES string of the molecule is Cc1nc(S(C)(=O)=O)ccc1Nc1nccn2c(N3CCC(C(=O)OCCC[N+](C)(C)C)CC3)nnc12. The number of nitrogens with one attached hydrogen (secondary N) is 1. The lowest BCUT2D eigenvalue weighted by atomic mass is 9.97. The fraction of sp³-hybridized carbons (Fsp3) is 0.542. The van der Waals surface area contributed by atoms with Gasteiger partial charge in [-0.2, -0.15) is 0 Å². The maximum absolute atomic E-state index is 12.5. The first kappa shape index (κ1) is 26.7. The largest absolute Gasteiger partial charge is 0.465 e. The van der Waals surface area contributed by atoms with Gasteiger partial charge in [0.2, 0.25) is 11.6 Å². The van der Waals surface area contributed by atoms with Crippen molar-refractivity contribution in [3.8, 4) is 0 Å². The third-order valence-electron chi connectivity index (χ3n) is 6.33. The fourth-order valence-corrected chi connectivity index (χ4v) is 4.88. The number of aryl methyl sites for hydroxylation is 1. The molecule has 0 unspecified atom stereocenters. The highest BCUT2D eigenvalue weighted by Gasteiger charge is 2.28. The number of pyridine rings is 1. The summed E-state index contributed by atoms with van der Waals surface area (Å²) in [5.41, 5.74) is 1.68. The van der Waals surface area contributed by atoms with Crippen LogP contribution < -0.4 is 10.2 Å². The molecule has 4 heterocycles. The molecule has 0 aromatic carbocycles. The highest BCUT2D eigenvalue weighted by atomic mass is 32.2. The number of fused-ring (bicyclic) bond motifs is 1. The van der Waals surface area contributed by atoms with Crippen molar-refractivity contribution < 1.29 is 22.4 Å². The maximum Gasteiger partial charge on any atom is 0.309 e. The van der Waals surface area contributed by atoms with Crippen molar-refractivity contribution in [1.82, 2.24) is 24.6 Å². The van der Waals surface area contributed by atoms with Crippen LogP contribution >= 0.6 is 0 Å². The molecule has 13 heteroatoms. The third kappa shape index (κ3) is 6.52. The number of ether oxygens (including phenoxy) is 1. The Morgan fingerprint density at radius 2 is 1.92 bits per heavy atom. The van der Waals surface area contributed by atoms with Gasteiger partial charge in [-0.1, -0.05) is 0 Å². The Morgan fingerprint density at radius 1 is 1.19 bits per heavy atom. The van der Waals surface area contributed by atoms with Crippen LogP contribution in [0.1, 0.15) is 25.0 Å². The number of piperidine rings is 1. The summed E-state index contributed by atoms with van der Waals surface area (Å²) in [6.45, 7) is 4.48. The lowest BCUT2D eigenvalue weighted by Crippen LogP contribution is -2.38. The van der Waals surface area contributed by atoms with Crippen LogP contribution in [0.3, 0.4) is 0 Å². The van der Waals surface area contributed by atoms with E-state index in [2.05, 4.69) is 51.5 Å². The second-order valence-corrected chi connectivity index (χ2v) is 12.4. The zero-order valence-corrected chi connectivity index (χ0v) is 22.8. The van der Waals surface area contributed by atoms with Gasteiger partial charge in [0, 0.05) is 38.2 Å². The monoisotopic (exact) mass is 531 g/mol. The van der Waals surface area contributed by atoms with Gasteiger partial charge in [-0.3, -0.25) is 9.20 Å². The maximum atomic E-state index is 12.5. The Bertz CT molecular complexity index is 1380. The molecule has 3 aromatic heterocycles. The zero-order chi connectivity index (χ0) is 26.8. The van der Waals surface area contributed by atoms with E-state index in [1.54, 1.807) is 25.4 Å². The summed E-state index contributed by atoms with van der Waals surface area (Å²) >= 11 is 0. The average molecular weight is 532 g/mol. The average Bonchev–Trinajstić information content (AvgIpc) is 3.27. The number of carbonyl (C=O) groups excluding carboxylic acids is 1. The summed E-state index contributed by atoms with van der Waals surface area (Å²) in [6.07, 6.45) is 6.80. The van der Waals surface area contributed by atoms with Crippen LogP contribution in [0, 0.1) is 12.8 Å². The van der Waals surface area contributed by atoms with Gasteiger partial charge in [0.15, 0.2) is 20.7 Å². The highest BCUT2D eigenvalue weighted by molar-refractivity contribution is 7.90. The van der Waals surface area contributed by atoms with Crippen molar-refractivity contribution >= 4 is 38.9 Å². The summed E-state index contributed by atoms with van der Waals surface area (Å²) in [4.78, 5) is 23.2. The van der Waals surface area contributed by atoms with Gasteiger partial charge in [-0.15, -0.1) is 10.2 Å². The minimum absolute atomic E-state index is 0.0166. The molecule has 3 aromatic rings. The van der Waals surface area contributed by atoms with Crippen LogP contribution in [0.4, 0.5) is 17.5 Å². The normalized spacial score (nSPS) is 15.2. The number of sulfone groups is 1. The van der Waals surface area contributed by atoms with Crippen LogP contribution in [-0.4, -0.2) is 97.1 Å². The summed E-state index contributed by atoms with van der Waals surface area (Å²) in [7, 11) is 2.97. The molecule has 0 saturated carbocycles. The molecule has 0 amide bonds. The van der Waals surface area contributed by atoms with E-state index in [0.717, 1.165) is 23.7 Å². The molecule has 200 valence electrons. The number of hydrogen-bond donors (Lipinski definition) is 1. The van der Waals surface area contributed by atoms with Crippen molar-refractivity contribution in [2.75, 3.05) is 63.9 Å². The van der Waals surface area contributed by atoms with E-state index in [1.165, 1.54) is 6.07 Å². The number of rotatable bonds is 9. The molecule has 1 aliphatic heterocycles. The number of nitrogens with zero attached hydrogens (tertiary/aromatic N) is 7. The summed E-state index contributed by atoms with van der Waals surface area (Å²) in [5, 5.41) is 11.9. The molecule has 12 nitrogen and oxygen atoms in total. The zero-order valence-electron chi connectivity index (χ0n) is 22.0. The molecule has 1 fully saturated rings. The first-order valence-electron chi connectivity index (χ1n) is 12.3. The van der Waals surface area contributed by atoms with Crippen molar-refractivity contribution in [3.05, 3.63) is 30.2 Å². The molecule has 0 aliphatic carbocycles. The first-order chi connectivity index (χ1) is 17.4. The molecule has 0 radical (unpaired) electrons. The molecule has 37 heavy (non-hydrogen) atoms. The second-order valence-electron chi connectivity index (χ2n) is 10.4. The Kier molecular flexibility index (Phi) is 7.64. The number of hydrogen-bond acceptors (Lipinski definition) is 10. The van der Waals surface area contributed by atoms with E-state index in [0.29, 0.717) is 61.3 Å². The van der Waals surface area contributed by atoms with Crippen molar-refractivity contribution in [2.45, 2.75) is 31.2 Å². The van der Waals surface area contributed by atoms with E-state index < -0.39 is 9.84 Å². The molecular formula is C24H35N8O4S+. The smallest absolute Gasteiger partial charge is 0.309 e. The number of quaternary nitrogens is 1. The van der Waals surface area contributed by atoms with Gasteiger partial charge >= 0.3 is 5.97 Å². The van der Waals surface area contributed by atoms with Crippen molar-refractivity contribution in [3.63, 3.8) is 0 Å². The van der Waals surface area contributed by atoms with Crippen LogP contribution in [0.25, 0.3) is 5.65 Å². The lowest BCUT2D eigenvalue weighted by Gasteiger charge is -2.31. The predicted octanol–water partition coefficient (Wildman–Crippen LogP) is 1.83. The molecular weight excluding hydrogens is 496 g/mol. The number of anilines is 3. The summed E-state index contributed by atoms with van der Waals surface area (Å²) < 4.78 is 31.8. The molecule has 1 aliphatic rings. The quantitative estimate of drug-likeness (QED) is 0.248. The van der Waals surface area contributed by atoms with Gasteiger partial charge in [0.05, 0.1) is 51.6 Å². The fourth-order valence-electron chi connectivity index (χ4n) is 4.27. The van der Waals surface area contributed by atoms with E-state index in [1.807, 2.05) is 4.40 Å². The Balaban J connectivity index is 1.40. The molecule has 0 bridgehead atoms. The van der Waals surface area contributed by atoms with E-state index in [4.69, 9.17) is 4.74 Å². The Hall–Kier alpha value is -3.32. The number of esters is 1. The summed E-state index contributed by atoms with van der Waals surface area (Å²) in [6, 6.07) is 3.12. The minimum atomic E-state index is -3.40. The number of carbonyl (C=O) groups is 1. The van der Waals surface area contributed by atoms with Gasteiger partial charge < -0.3 is 19.4 Å². The van der Waals surface area contributed by atoms with Gasteiger partial charge in [0.25, 0.3) is 0 Å². The third-order valence-corrected chi connectivity index (χ3v) is 7.32. The van der Waals surface area contributed by atoms with Crippen LogP contribution in [0.15, 0.2) is 29.6 Å². The predicted molar refractivity (Wildman–Crippen MR) is 140 cm³/mol. The topological polar surface area (TPSA) is 132 Å². The number of aromatic nitrogens is 5. The van der Waals surface area contributed by atoms with Crippen LogP contribution in [0.2, 0.25) is 0 Å². The molecule has 0 atom stereocenters. The highest BCUT2D eigenvalue weighted by Crippen LogP contribution is 2.27. The van der Waals surface area contributed by atoms with Gasteiger partial charge in [-0.25, -0.2) is 18.4 Å². The standard InChI is InChI=1S/C24H35N8O4S/c1-17-19(7-8-20(26-17)37(5,34)35)27-21-22-28-29-24(31(22)14-11-25-21)30-12-9-18(10-13-30)23(33)36-16-6-15-32(2,3)4/h7-8,11,14,18H,6,9-10,12-13,15-16H2,1-5H3,(H,25,27)/q+1. The van der Waals surface area contributed by atoms with Crippen LogP contribution in [-0.2, 0) is 19.4 Å². The lowest BCUT2D eigenvalue weighted by molar-refractivity contribution is -0.870. The van der Waals surface area contributed by atoms with E-state index >= 15 is 0 Å². The van der Waals surface area contributed by atoms with Crippen LogP contribution in [0.5, 0.6) is 0 Å². The van der Waals surface area contributed by atoms with Crippen molar-refractivity contribution in [2.24, 2.45) is 5.92 Å². The van der Waals surface area contributed by atoms with Gasteiger partial charge in [0.1, 0.15) is 0 Å². The second kappa shape index (κ2) is 10.6. The molecule has 0 spiro atoms. The summed E-state index contributed by atoms with van der Waals surface area (Å²) in [5.74, 6) is 0.931. The Morgan fingerprint density at radius 3 is 2.57 bits per heavy atom. The van der Waals surface area contributed by atoms with E-state index in [-0.39, 0.29) is 16.9 Å². The van der Waals surface area contributed by atoms with Gasteiger partial charge in [-0.05, 0) is 31.9 Å². The molecule has 1 saturated heterocycles. The Labute approximate surface area is 217 Å².